The van der Waals surface area contributed by atoms with Gasteiger partial charge in [0.15, 0.2) is 0 Å². The Bertz CT molecular complexity index is 1270. The molecule has 0 atom stereocenters. The van der Waals surface area contributed by atoms with Crippen LogP contribution in [0.1, 0.15) is 12.3 Å². The van der Waals surface area contributed by atoms with Gasteiger partial charge in [-0.05, 0) is 35.7 Å². The van der Waals surface area contributed by atoms with Crippen molar-refractivity contribution in [1.82, 2.24) is 15.1 Å². The number of carbonyl (C=O) groups excluding carboxylic acids is 1. The molecule has 0 saturated carbocycles. The summed E-state index contributed by atoms with van der Waals surface area (Å²) in [7, 11) is 0. The lowest BCUT2D eigenvalue weighted by Crippen LogP contribution is -2.13. The Balaban J connectivity index is 1.28. The van der Waals surface area contributed by atoms with Crippen LogP contribution in [0.2, 0.25) is 0 Å². The number of aromatic nitrogens is 3. The molecule has 1 amide bonds. The molecule has 5 rings (SSSR count). The Morgan fingerprint density at radius 1 is 1.03 bits per heavy atom. The maximum atomic E-state index is 12.6. The number of hydrogen-bond donors (Lipinski definition) is 1. The fourth-order valence-corrected chi connectivity index (χ4v) is 4.70. The minimum Gasteiger partial charge on any atom is -0.339 e. The Hall–Kier alpha value is -3.36. The van der Waals surface area contributed by atoms with E-state index in [2.05, 4.69) is 15.5 Å². The van der Waals surface area contributed by atoms with E-state index in [1.54, 1.807) is 22.7 Å². The van der Waals surface area contributed by atoms with Crippen LogP contribution in [-0.2, 0) is 11.2 Å². The highest BCUT2D eigenvalue weighted by Crippen LogP contribution is 2.34. The van der Waals surface area contributed by atoms with E-state index < -0.39 is 0 Å². The predicted octanol–water partition coefficient (Wildman–Crippen LogP) is 5.65. The molecule has 3 aromatic heterocycles. The molecule has 0 spiro atoms. The van der Waals surface area contributed by atoms with E-state index in [0.717, 1.165) is 32.0 Å². The van der Waals surface area contributed by atoms with Gasteiger partial charge in [-0.15, -0.1) is 11.3 Å². The number of aryl methyl sites for hydroxylation is 1. The lowest BCUT2D eigenvalue weighted by atomic mass is 10.1. The van der Waals surface area contributed by atoms with E-state index in [-0.39, 0.29) is 12.3 Å². The number of rotatable bonds is 6. The SMILES string of the molecule is O=C(CCc1nc(-c2ccsc2)no1)Nc1ccccc1-c1nc2ccccc2s1. The van der Waals surface area contributed by atoms with Crippen LogP contribution in [-0.4, -0.2) is 21.0 Å². The average molecular weight is 433 g/mol. The predicted molar refractivity (Wildman–Crippen MR) is 120 cm³/mol. The van der Waals surface area contributed by atoms with Crippen molar-refractivity contribution in [3.05, 3.63) is 71.2 Å². The van der Waals surface area contributed by atoms with Crippen LogP contribution >= 0.6 is 22.7 Å². The van der Waals surface area contributed by atoms with Gasteiger partial charge < -0.3 is 9.84 Å². The number of nitrogens with zero attached hydrogens (tertiary/aromatic N) is 3. The molecule has 0 unspecified atom stereocenters. The zero-order valence-corrected chi connectivity index (χ0v) is 17.4. The van der Waals surface area contributed by atoms with E-state index in [0.29, 0.717) is 18.1 Å². The zero-order valence-electron chi connectivity index (χ0n) is 15.7. The molecule has 30 heavy (non-hydrogen) atoms. The van der Waals surface area contributed by atoms with Crippen molar-refractivity contribution in [2.45, 2.75) is 12.8 Å². The number of para-hydroxylation sites is 2. The van der Waals surface area contributed by atoms with Crippen LogP contribution in [0.5, 0.6) is 0 Å². The van der Waals surface area contributed by atoms with Gasteiger partial charge in [-0.1, -0.05) is 29.4 Å². The minimum absolute atomic E-state index is 0.112. The molecule has 0 saturated heterocycles. The van der Waals surface area contributed by atoms with Gasteiger partial charge in [0.2, 0.25) is 17.6 Å². The second-order valence-electron chi connectivity index (χ2n) is 6.60. The monoisotopic (exact) mass is 432 g/mol. The molecule has 0 radical (unpaired) electrons. The molecule has 6 nitrogen and oxygen atoms in total. The first-order valence-corrected chi connectivity index (χ1v) is 11.1. The van der Waals surface area contributed by atoms with E-state index in [4.69, 9.17) is 9.51 Å². The number of nitrogens with one attached hydrogen (secondary N) is 1. The first-order chi connectivity index (χ1) is 14.8. The maximum absolute atomic E-state index is 12.6. The summed E-state index contributed by atoms with van der Waals surface area (Å²) in [5, 5.41) is 11.8. The van der Waals surface area contributed by atoms with Crippen molar-refractivity contribution in [1.29, 1.82) is 0 Å². The van der Waals surface area contributed by atoms with Crippen LogP contribution in [0.3, 0.4) is 0 Å². The third-order valence-corrected chi connectivity index (χ3v) is 6.29. The Morgan fingerprint density at radius 2 is 1.90 bits per heavy atom. The first kappa shape index (κ1) is 18.7. The highest BCUT2D eigenvalue weighted by atomic mass is 32.1. The topological polar surface area (TPSA) is 80.9 Å². The fraction of sp³-hybridized carbons (Fsp3) is 0.0909. The van der Waals surface area contributed by atoms with Crippen molar-refractivity contribution in [2.24, 2.45) is 0 Å². The summed E-state index contributed by atoms with van der Waals surface area (Å²) in [5.74, 6) is 0.887. The van der Waals surface area contributed by atoms with E-state index >= 15 is 0 Å². The molecule has 3 heterocycles. The quantitative estimate of drug-likeness (QED) is 0.375. The summed E-state index contributed by atoms with van der Waals surface area (Å²) in [4.78, 5) is 21.6. The molecule has 5 aromatic rings. The third kappa shape index (κ3) is 3.87. The van der Waals surface area contributed by atoms with Gasteiger partial charge in [0.1, 0.15) is 5.01 Å². The molecule has 2 aromatic carbocycles. The van der Waals surface area contributed by atoms with Gasteiger partial charge >= 0.3 is 0 Å². The molecule has 148 valence electrons. The van der Waals surface area contributed by atoms with Gasteiger partial charge in [-0.3, -0.25) is 4.79 Å². The number of benzene rings is 2. The van der Waals surface area contributed by atoms with E-state index in [9.17, 15) is 4.79 Å². The smallest absolute Gasteiger partial charge is 0.227 e. The summed E-state index contributed by atoms with van der Waals surface area (Å²) in [6, 6.07) is 17.7. The average Bonchev–Trinajstić information content (AvgIpc) is 3.52. The van der Waals surface area contributed by atoms with Gasteiger partial charge in [0, 0.05) is 29.3 Å². The van der Waals surface area contributed by atoms with Crippen LogP contribution in [0.25, 0.3) is 32.2 Å². The molecule has 0 aliphatic rings. The van der Waals surface area contributed by atoms with Crippen LogP contribution in [0, 0.1) is 0 Å². The van der Waals surface area contributed by atoms with Gasteiger partial charge in [0.25, 0.3) is 0 Å². The van der Waals surface area contributed by atoms with Crippen molar-refractivity contribution in [3.63, 3.8) is 0 Å². The van der Waals surface area contributed by atoms with Crippen molar-refractivity contribution in [3.8, 4) is 22.0 Å². The standard InChI is InChI=1S/C22H16N4O2S2/c27-19(9-10-20-25-21(26-28-20)14-11-12-29-13-14)23-16-6-2-1-5-15(16)22-24-17-7-3-4-8-18(17)30-22/h1-8,11-13H,9-10H2,(H,23,27). The van der Waals surface area contributed by atoms with Gasteiger partial charge in [0.05, 0.1) is 15.9 Å². The number of carbonyl (C=O) groups is 1. The number of amides is 1. The number of fused-ring (bicyclic) bond motifs is 1. The highest BCUT2D eigenvalue weighted by Gasteiger charge is 2.14. The second-order valence-corrected chi connectivity index (χ2v) is 8.41. The fourth-order valence-electron chi connectivity index (χ4n) is 3.06. The van der Waals surface area contributed by atoms with Crippen LogP contribution in [0.15, 0.2) is 69.9 Å². The second kappa shape index (κ2) is 8.17. The van der Waals surface area contributed by atoms with Crippen LogP contribution in [0.4, 0.5) is 5.69 Å². The summed E-state index contributed by atoms with van der Waals surface area (Å²) in [6.07, 6.45) is 0.631. The maximum Gasteiger partial charge on any atom is 0.227 e. The highest BCUT2D eigenvalue weighted by molar-refractivity contribution is 7.21. The van der Waals surface area contributed by atoms with Crippen molar-refractivity contribution in [2.75, 3.05) is 5.32 Å². The van der Waals surface area contributed by atoms with E-state index in [1.165, 1.54) is 0 Å². The third-order valence-electron chi connectivity index (χ3n) is 4.54. The molecule has 0 aliphatic heterocycles. The lowest BCUT2D eigenvalue weighted by Gasteiger charge is -2.08. The molecular formula is C22H16N4O2S2. The first-order valence-electron chi connectivity index (χ1n) is 9.36. The number of thiazole rings is 1. The summed E-state index contributed by atoms with van der Waals surface area (Å²) in [6.45, 7) is 0. The molecule has 0 fully saturated rings. The number of thiophene rings is 1. The van der Waals surface area contributed by atoms with Gasteiger partial charge in [-0.25, -0.2) is 4.98 Å². The zero-order chi connectivity index (χ0) is 20.3. The summed E-state index contributed by atoms with van der Waals surface area (Å²) >= 11 is 3.18. The summed E-state index contributed by atoms with van der Waals surface area (Å²) < 4.78 is 6.39. The molecule has 0 aliphatic carbocycles. The molecule has 8 heteroatoms. The molecule has 1 N–H and O–H groups in total. The Morgan fingerprint density at radius 3 is 2.77 bits per heavy atom. The van der Waals surface area contributed by atoms with Crippen LogP contribution < -0.4 is 5.32 Å². The summed E-state index contributed by atoms with van der Waals surface area (Å²) in [5.41, 5.74) is 3.52. The van der Waals surface area contributed by atoms with Crippen molar-refractivity contribution >= 4 is 44.5 Å². The molecule has 0 bridgehead atoms. The molecular weight excluding hydrogens is 416 g/mol. The lowest BCUT2D eigenvalue weighted by molar-refractivity contribution is -0.116. The number of anilines is 1. The van der Waals surface area contributed by atoms with Gasteiger partial charge in [-0.2, -0.15) is 16.3 Å². The normalized spacial score (nSPS) is 11.1. The number of hydrogen-bond acceptors (Lipinski definition) is 7. The minimum atomic E-state index is -0.112. The Kier molecular flexibility index (Phi) is 5.08. The largest absolute Gasteiger partial charge is 0.339 e. The van der Waals surface area contributed by atoms with Crippen molar-refractivity contribution < 1.29 is 9.32 Å². The Labute approximate surface area is 180 Å². The van der Waals surface area contributed by atoms with E-state index in [1.807, 2.05) is 65.4 Å².